The van der Waals surface area contributed by atoms with Crippen molar-refractivity contribution in [3.63, 3.8) is 0 Å². The molecule has 0 aliphatic heterocycles. The van der Waals surface area contributed by atoms with E-state index in [1.54, 1.807) is 12.1 Å². The summed E-state index contributed by atoms with van der Waals surface area (Å²) in [5, 5.41) is 4.35. The molecule has 6 aromatic rings. The Hall–Kier alpha value is -3.55. The minimum absolute atomic E-state index is 0.477. The van der Waals surface area contributed by atoms with E-state index in [1.165, 1.54) is 44.2 Å². The smallest absolute Gasteiger partial charge is 0.0607 e. The van der Waals surface area contributed by atoms with Crippen LogP contribution >= 0.6 is 34.8 Å². The maximum Gasteiger partial charge on any atom is 0.0607 e. The van der Waals surface area contributed by atoms with Gasteiger partial charge in [-0.15, -0.1) is 0 Å². The first-order chi connectivity index (χ1) is 21.3. The topological polar surface area (TPSA) is 0 Å². The van der Waals surface area contributed by atoms with E-state index in [0.717, 1.165) is 30.4 Å². The summed E-state index contributed by atoms with van der Waals surface area (Å²) in [4.78, 5) is 0. The van der Waals surface area contributed by atoms with E-state index in [0.29, 0.717) is 15.1 Å². The van der Waals surface area contributed by atoms with Gasteiger partial charge in [0.25, 0.3) is 0 Å². The van der Waals surface area contributed by atoms with Crippen molar-refractivity contribution in [2.75, 3.05) is 0 Å². The van der Waals surface area contributed by atoms with Crippen LogP contribution < -0.4 is 0 Å². The van der Waals surface area contributed by atoms with Crippen molar-refractivity contribution in [1.29, 1.82) is 0 Å². The molecule has 224 valence electrons. The average Bonchev–Trinajstić information content (AvgIpc) is 3.07. The zero-order valence-electron chi connectivity index (χ0n) is 25.9. The van der Waals surface area contributed by atoms with Gasteiger partial charge in [0, 0.05) is 10.6 Å². The molecule has 0 saturated carbocycles. The fraction of sp³-hybridized carbons (Fsp3) is 0.171. The van der Waals surface area contributed by atoms with E-state index < -0.39 is 0 Å². The highest BCUT2D eigenvalue weighted by molar-refractivity contribution is 6.44. The lowest BCUT2D eigenvalue weighted by Gasteiger charge is -2.07. The van der Waals surface area contributed by atoms with Gasteiger partial charge in [-0.3, -0.25) is 0 Å². The number of rotatable bonds is 5. The molecule has 0 heterocycles. The third-order valence-corrected chi connectivity index (χ3v) is 8.73. The Kier molecular flexibility index (Phi) is 12.5. The minimum Gasteiger partial charge on any atom is -0.0836 e. The molecular weight excluding hydrogens is 599 g/mol. The lowest BCUT2D eigenvalue weighted by Crippen LogP contribution is -1.83. The van der Waals surface area contributed by atoms with Gasteiger partial charge >= 0.3 is 0 Å². The lowest BCUT2D eigenvalue weighted by atomic mass is 10.0. The number of hydrogen-bond donors (Lipinski definition) is 0. The second-order valence-electron chi connectivity index (χ2n) is 10.7. The molecule has 44 heavy (non-hydrogen) atoms. The molecule has 6 aromatic carbocycles. The first-order valence-corrected chi connectivity index (χ1v) is 16.3. The Bertz CT molecular complexity index is 1760. The molecule has 0 fully saturated rings. The summed E-state index contributed by atoms with van der Waals surface area (Å²) < 4.78 is 0. The van der Waals surface area contributed by atoms with Crippen LogP contribution in [-0.2, 0) is 19.3 Å². The highest BCUT2D eigenvalue weighted by Crippen LogP contribution is 2.35. The Labute approximate surface area is 278 Å². The fourth-order valence-electron chi connectivity index (χ4n) is 4.94. The maximum atomic E-state index is 6.17. The maximum absolute atomic E-state index is 6.17. The second-order valence-corrected chi connectivity index (χ2v) is 11.9. The van der Waals surface area contributed by atoms with E-state index in [-0.39, 0.29) is 0 Å². The van der Waals surface area contributed by atoms with Crippen LogP contribution in [0.25, 0.3) is 33.0 Å². The molecular formula is C41H39Cl3. The Morgan fingerprint density at radius 1 is 0.455 bits per heavy atom. The first-order valence-electron chi connectivity index (χ1n) is 15.2. The third kappa shape index (κ3) is 8.99. The largest absolute Gasteiger partial charge is 0.0836 e. The predicted molar refractivity (Wildman–Crippen MR) is 196 cm³/mol. The number of halogens is 3. The van der Waals surface area contributed by atoms with Crippen molar-refractivity contribution in [2.24, 2.45) is 0 Å². The second kappa shape index (κ2) is 16.5. The molecule has 0 radical (unpaired) electrons. The van der Waals surface area contributed by atoms with Gasteiger partial charge in [0.05, 0.1) is 10.0 Å². The number of fused-ring (bicyclic) bond motifs is 1. The van der Waals surface area contributed by atoms with Gasteiger partial charge in [0.2, 0.25) is 0 Å². The molecule has 0 atom stereocenters. The molecule has 0 bridgehead atoms. The highest BCUT2D eigenvalue weighted by Gasteiger charge is 2.08. The van der Waals surface area contributed by atoms with Crippen molar-refractivity contribution in [3.8, 4) is 22.3 Å². The predicted octanol–water partition coefficient (Wildman–Crippen LogP) is 13.5. The zero-order chi connectivity index (χ0) is 31.5. The van der Waals surface area contributed by atoms with Crippen LogP contribution in [0.4, 0.5) is 0 Å². The fourth-order valence-corrected chi connectivity index (χ4v) is 5.60. The van der Waals surface area contributed by atoms with Crippen molar-refractivity contribution in [3.05, 3.63) is 165 Å². The Morgan fingerprint density at radius 2 is 0.955 bits per heavy atom. The van der Waals surface area contributed by atoms with E-state index in [2.05, 4.69) is 131 Å². The molecule has 0 amide bonds. The number of hydrogen-bond acceptors (Lipinski definition) is 0. The summed E-state index contributed by atoms with van der Waals surface area (Å²) in [6, 6.07) is 44.2. The average molecular weight is 638 g/mol. The third-order valence-electron chi connectivity index (χ3n) is 7.69. The van der Waals surface area contributed by atoms with Gasteiger partial charge < -0.3 is 0 Å². The van der Waals surface area contributed by atoms with Crippen LogP contribution in [0, 0.1) is 6.92 Å². The summed E-state index contributed by atoms with van der Waals surface area (Å²) in [5.41, 5.74) is 9.98. The Morgan fingerprint density at radius 3 is 1.52 bits per heavy atom. The van der Waals surface area contributed by atoms with Crippen molar-refractivity contribution >= 4 is 45.6 Å². The lowest BCUT2D eigenvalue weighted by molar-refractivity contribution is 1.14. The molecule has 0 aromatic heterocycles. The SMILES string of the molecule is CCc1ccc(-c2cc(Cl)c(Cl)cc2Cl)cc1.CCc1ccc(-c2ccc(C)cc2)cc1.CCc1cccc2ccccc12. The van der Waals surface area contributed by atoms with Crippen molar-refractivity contribution in [2.45, 2.75) is 47.0 Å². The summed E-state index contributed by atoms with van der Waals surface area (Å²) in [5.74, 6) is 0. The summed E-state index contributed by atoms with van der Waals surface area (Å²) >= 11 is 18.1. The van der Waals surface area contributed by atoms with Gasteiger partial charge in [-0.2, -0.15) is 0 Å². The molecule has 6 rings (SSSR count). The van der Waals surface area contributed by atoms with E-state index in [9.17, 15) is 0 Å². The van der Waals surface area contributed by atoms with Crippen LogP contribution in [0.5, 0.6) is 0 Å². The monoisotopic (exact) mass is 636 g/mol. The van der Waals surface area contributed by atoms with Gasteiger partial charge in [-0.25, -0.2) is 0 Å². The van der Waals surface area contributed by atoms with Crippen LogP contribution in [0.1, 0.15) is 43.0 Å². The van der Waals surface area contributed by atoms with Crippen molar-refractivity contribution in [1.82, 2.24) is 0 Å². The minimum atomic E-state index is 0.477. The van der Waals surface area contributed by atoms with Crippen LogP contribution in [0.2, 0.25) is 15.1 Å². The normalized spacial score (nSPS) is 10.4. The molecule has 0 N–H and O–H groups in total. The van der Waals surface area contributed by atoms with Gasteiger partial charge in [-0.05, 0) is 82.5 Å². The first kappa shape index (κ1) is 33.3. The van der Waals surface area contributed by atoms with E-state index in [1.807, 2.05) is 12.1 Å². The summed E-state index contributed by atoms with van der Waals surface area (Å²) in [7, 11) is 0. The molecule has 0 saturated heterocycles. The molecule has 0 nitrogen and oxygen atoms in total. The van der Waals surface area contributed by atoms with Gasteiger partial charge in [0.1, 0.15) is 0 Å². The Balaban J connectivity index is 0.000000153. The molecule has 0 unspecified atom stereocenters. The standard InChI is InChI=1S/C15H16.C14H11Cl3.C12H12/c1-3-13-6-10-15(11-7-13)14-8-4-12(2)5-9-14;1-2-9-3-5-10(6-4-9)11-7-13(16)14(17)8-12(11)15;1-2-10-7-5-8-11-6-3-4-9-12(10)11/h4-11H,3H2,1-2H3;3-8H,2H2,1H3;3-9H,2H2,1H3. The van der Waals surface area contributed by atoms with E-state index >= 15 is 0 Å². The quantitative estimate of drug-likeness (QED) is 0.165. The van der Waals surface area contributed by atoms with E-state index in [4.69, 9.17) is 34.8 Å². The van der Waals surface area contributed by atoms with Crippen LogP contribution in [-0.4, -0.2) is 0 Å². The molecule has 3 heteroatoms. The summed E-state index contributed by atoms with van der Waals surface area (Å²) in [6.07, 6.45) is 3.24. The zero-order valence-corrected chi connectivity index (χ0v) is 28.1. The number of aryl methyl sites for hydroxylation is 4. The van der Waals surface area contributed by atoms with Gasteiger partial charge in [-0.1, -0.05) is 176 Å². The molecule has 0 aliphatic carbocycles. The molecule has 0 spiro atoms. The van der Waals surface area contributed by atoms with Crippen LogP contribution in [0.15, 0.2) is 127 Å². The van der Waals surface area contributed by atoms with Crippen molar-refractivity contribution < 1.29 is 0 Å². The highest BCUT2D eigenvalue weighted by atomic mass is 35.5. The summed E-state index contributed by atoms with van der Waals surface area (Å²) in [6.45, 7) is 8.62. The molecule has 0 aliphatic rings. The van der Waals surface area contributed by atoms with Gasteiger partial charge in [0.15, 0.2) is 0 Å². The number of benzene rings is 6. The van der Waals surface area contributed by atoms with Crippen LogP contribution in [0.3, 0.4) is 0 Å².